The first-order valence-corrected chi connectivity index (χ1v) is 13.3. The topological polar surface area (TPSA) is 81.4 Å². The van der Waals surface area contributed by atoms with Crippen LogP contribution in [0.15, 0.2) is 70.9 Å². The maximum atomic E-state index is 12.4. The monoisotopic (exact) mass is 519 g/mol. The van der Waals surface area contributed by atoms with E-state index in [4.69, 9.17) is 4.74 Å². The largest absolute Gasteiger partial charge is 0.497 e. The Labute approximate surface area is 219 Å². The standard InChI is InChI=1S/C27H29N5O2S2/c1-18-6-15-23(36-18)16-28-29-24(33)17-35-26-31-30-25(19-7-9-20(10-8-19)27(2,3)4)32(26)21-11-13-22(34-5)14-12-21/h6-16H,17H2,1-5H3,(H,29,33). The molecule has 0 saturated carbocycles. The van der Waals surface area contributed by atoms with Crippen LogP contribution in [0.3, 0.4) is 0 Å². The summed E-state index contributed by atoms with van der Waals surface area (Å²) in [6.45, 7) is 8.59. The van der Waals surface area contributed by atoms with Gasteiger partial charge in [0.15, 0.2) is 11.0 Å². The Morgan fingerprint density at radius 1 is 1.08 bits per heavy atom. The van der Waals surface area contributed by atoms with Gasteiger partial charge in [-0.2, -0.15) is 5.10 Å². The quantitative estimate of drug-likeness (QED) is 0.179. The van der Waals surface area contributed by atoms with E-state index in [1.54, 1.807) is 24.7 Å². The van der Waals surface area contributed by atoms with Gasteiger partial charge in [0.05, 0.1) is 19.1 Å². The third-order valence-corrected chi connectivity index (χ3v) is 7.31. The minimum absolute atomic E-state index is 0.0569. The van der Waals surface area contributed by atoms with Crippen molar-refractivity contribution in [2.24, 2.45) is 5.10 Å². The van der Waals surface area contributed by atoms with Crippen molar-refractivity contribution in [1.29, 1.82) is 0 Å². The molecule has 0 saturated heterocycles. The van der Waals surface area contributed by atoms with Crippen LogP contribution in [-0.2, 0) is 10.2 Å². The lowest BCUT2D eigenvalue weighted by Crippen LogP contribution is -2.19. The number of thiophene rings is 1. The number of amides is 1. The van der Waals surface area contributed by atoms with E-state index in [1.807, 2.05) is 47.9 Å². The van der Waals surface area contributed by atoms with Crippen LogP contribution < -0.4 is 10.2 Å². The number of aryl methyl sites for hydroxylation is 1. The molecule has 0 aliphatic carbocycles. The summed E-state index contributed by atoms with van der Waals surface area (Å²) in [4.78, 5) is 14.6. The zero-order chi connectivity index (χ0) is 25.7. The SMILES string of the molecule is COc1ccc(-n2c(SCC(=O)NN=Cc3ccc(C)s3)nnc2-c2ccc(C(C)(C)C)cc2)cc1. The van der Waals surface area contributed by atoms with Gasteiger partial charge in [0, 0.05) is 21.0 Å². The van der Waals surface area contributed by atoms with Gasteiger partial charge in [-0.3, -0.25) is 9.36 Å². The van der Waals surface area contributed by atoms with Gasteiger partial charge in [-0.05, 0) is 54.3 Å². The molecule has 0 radical (unpaired) electrons. The van der Waals surface area contributed by atoms with Gasteiger partial charge in [-0.1, -0.05) is 56.8 Å². The molecule has 0 aliphatic rings. The van der Waals surface area contributed by atoms with Crippen molar-refractivity contribution in [3.63, 3.8) is 0 Å². The molecule has 2 aromatic heterocycles. The molecule has 186 valence electrons. The first-order valence-electron chi connectivity index (χ1n) is 11.5. The molecule has 0 atom stereocenters. The van der Waals surface area contributed by atoms with E-state index in [2.05, 4.69) is 65.8 Å². The molecular formula is C27H29N5O2S2. The summed E-state index contributed by atoms with van der Waals surface area (Å²) in [5, 5.41) is 13.6. The van der Waals surface area contributed by atoms with Crippen LogP contribution in [-0.4, -0.2) is 39.7 Å². The first-order chi connectivity index (χ1) is 17.2. The maximum Gasteiger partial charge on any atom is 0.250 e. The normalized spacial score (nSPS) is 11.7. The van der Waals surface area contributed by atoms with E-state index in [-0.39, 0.29) is 17.1 Å². The van der Waals surface area contributed by atoms with Crippen molar-refractivity contribution in [2.75, 3.05) is 12.9 Å². The number of carbonyl (C=O) groups is 1. The molecule has 9 heteroatoms. The summed E-state index contributed by atoms with van der Waals surface area (Å²) < 4.78 is 7.27. The van der Waals surface area contributed by atoms with Crippen molar-refractivity contribution in [3.8, 4) is 22.8 Å². The predicted molar refractivity (Wildman–Crippen MR) is 148 cm³/mol. The minimum atomic E-state index is -0.218. The zero-order valence-corrected chi connectivity index (χ0v) is 22.6. The van der Waals surface area contributed by atoms with E-state index in [9.17, 15) is 4.79 Å². The molecule has 2 aromatic carbocycles. The third kappa shape index (κ3) is 6.22. The third-order valence-electron chi connectivity index (χ3n) is 5.45. The number of nitrogens with one attached hydrogen (secondary N) is 1. The smallest absolute Gasteiger partial charge is 0.250 e. The number of methoxy groups -OCH3 is 1. The molecule has 4 aromatic rings. The number of ether oxygens (including phenoxy) is 1. The molecule has 0 fully saturated rings. The summed E-state index contributed by atoms with van der Waals surface area (Å²) >= 11 is 2.93. The average molecular weight is 520 g/mol. The van der Waals surface area contributed by atoms with Gasteiger partial charge in [-0.25, -0.2) is 5.43 Å². The Hall–Kier alpha value is -3.43. The van der Waals surface area contributed by atoms with Crippen molar-refractivity contribution >= 4 is 35.2 Å². The number of hydrazone groups is 1. The summed E-state index contributed by atoms with van der Waals surface area (Å²) in [6, 6.07) is 20.0. The van der Waals surface area contributed by atoms with E-state index in [0.717, 1.165) is 21.9 Å². The van der Waals surface area contributed by atoms with Crippen LogP contribution in [0.5, 0.6) is 5.75 Å². The highest BCUT2D eigenvalue weighted by Gasteiger charge is 2.19. The summed E-state index contributed by atoms with van der Waals surface area (Å²) in [7, 11) is 1.64. The molecular weight excluding hydrogens is 490 g/mol. The Morgan fingerprint density at radius 2 is 1.81 bits per heavy atom. The molecule has 0 bridgehead atoms. The van der Waals surface area contributed by atoms with E-state index in [1.165, 1.54) is 22.2 Å². The Balaban J connectivity index is 1.56. The van der Waals surface area contributed by atoms with E-state index >= 15 is 0 Å². The van der Waals surface area contributed by atoms with Gasteiger partial charge in [0.25, 0.3) is 5.91 Å². The molecule has 0 unspecified atom stereocenters. The van der Waals surface area contributed by atoms with Crippen LogP contribution >= 0.6 is 23.1 Å². The van der Waals surface area contributed by atoms with Gasteiger partial charge >= 0.3 is 0 Å². The fourth-order valence-electron chi connectivity index (χ4n) is 3.49. The Bertz CT molecular complexity index is 1350. The molecule has 1 amide bonds. The zero-order valence-electron chi connectivity index (χ0n) is 21.0. The predicted octanol–water partition coefficient (Wildman–Crippen LogP) is 5.85. The molecule has 7 nitrogen and oxygen atoms in total. The number of aromatic nitrogens is 3. The number of hydrogen-bond donors (Lipinski definition) is 1. The van der Waals surface area contributed by atoms with Crippen LogP contribution in [0, 0.1) is 6.92 Å². The molecule has 1 N–H and O–H groups in total. The Morgan fingerprint density at radius 3 is 2.42 bits per heavy atom. The van der Waals surface area contributed by atoms with Gasteiger partial charge < -0.3 is 4.74 Å². The molecule has 0 aliphatic heterocycles. The Kier molecular flexibility index (Phi) is 7.91. The molecule has 36 heavy (non-hydrogen) atoms. The fraction of sp³-hybridized carbons (Fsp3) is 0.259. The second-order valence-electron chi connectivity index (χ2n) is 9.20. The van der Waals surface area contributed by atoms with Gasteiger partial charge in [-0.15, -0.1) is 21.5 Å². The van der Waals surface area contributed by atoms with Crippen molar-refractivity contribution < 1.29 is 9.53 Å². The van der Waals surface area contributed by atoms with Crippen molar-refractivity contribution in [1.82, 2.24) is 20.2 Å². The van der Waals surface area contributed by atoms with Crippen LogP contribution in [0.4, 0.5) is 0 Å². The lowest BCUT2D eigenvalue weighted by atomic mass is 9.87. The number of carbonyl (C=O) groups excluding carboxylic acids is 1. The lowest BCUT2D eigenvalue weighted by molar-refractivity contribution is -0.118. The highest BCUT2D eigenvalue weighted by Crippen LogP contribution is 2.30. The lowest BCUT2D eigenvalue weighted by Gasteiger charge is -2.19. The van der Waals surface area contributed by atoms with Gasteiger partial charge in [0.2, 0.25) is 0 Å². The highest BCUT2D eigenvalue weighted by atomic mass is 32.2. The van der Waals surface area contributed by atoms with Crippen molar-refractivity contribution in [3.05, 3.63) is 76.0 Å². The first kappa shape index (κ1) is 25.7. The van der Waals surface area contributed by atoms with E-state index in [0.29, 0.717) is 11.0 Å². The van der Waals surface area contributed by atoms with Crippen LogP contribution in [0.1, 0.15) is 36.1 Å². The summed E-state index contributed by atoms with van der Waals surface area (Å²) in [5.41, 5.74) is 5.71. The molecule has 4 rings (SSSR count). The molecule has 0 spiro atoms. The number of rotatable bonds is 8. The van der Waals surface area contributed by atoms with Crippen LogP contribution in [0.2, 0.25) is 0 Å². The average Bonchev–Trinajstić information content (AvgIpc) is 3.48. The maximum absolute atomic E-state index is 12.4. The highest BCUT2D eigenvalue weighted by molar-refractivity contribution is 7.99. The minimum Gasteiger partial charge on any atom is -0.497 e. The number of thioether (sulfide) groups is 1. The molecule has 2 heterocycles. The van der Waals surface area contributed by atoms with Gasteiger partial charge in [0.1, 0.15) is 5.75 Å². The van der Waals surface area contributed by atoms with E-state index < -0.39 is 0 Å². The second-order valence-corrected chi connectivity index (χ2v) is 11.5. The van der Waals surface area contributed by atoms with Crippen molar-refractivity contribution in [2.45, 2.75) is 38.3 Å². The number of hydrogen-bond acceptors (Lipinski definition) is 7. The number of benzene rings is 2. The summed E-state index contributed by atoms with van der Waals surface area (Å²) in [6.07, 6.45) is 1.65. The summed E-state index contributed by atoms with van der Waals surface area (Å²) in [5.74, 6) is 1.40. The fourth-order valence-corrected chi connectivity index (χ4v) is 4.98. The number of nitrogens with zero attached hydrogens (tertiary/aromatic N) is 4. The second kappa shape index (κ2) is 11.1. The van der Waals surface area contributed by atoms with Crippen LogP contribution in [0.25, 0.3) is 17.1 Å².